The Kier molecular flexibility index (Phi) is 4.01. The molecule has 0 saturated heterocycles. The van der Waals surface area contributed by atoms with Gasteiger partial charge in [0.25, 0.3) is 5.91 Å². The second-order valence-corrected chi connectivity index (χ2v) is 5.24. The molecule has 0 unspecified atom stereocenters. The number of furan rings is 1. The predicted molar refractivity (Wildman–Crippen MR) is 72.5 cm³/mol. The van der Waals surface area contributed by atoms with E-state index in [2.05, 4.69) is 26.2 Å². The highest BCUT2D eigenvalue weighted by molar-refractivity contribution is 9.10. The molecule has 2 aromatic rings. The molecule has 0 saturated carbocycles. The maximum atomic E-state index is 11.9. The molecule has 0 fully saturated rings. The van der Waals surface area contributed by atoms with Crippen molar-refractivity contribution in [2.75, 3.05) is 6.54 Å². The topological polar surface area (TPSA) is 75.4 Å². The van der Waals surface area contributed by atoms with E-state index in [4.69, 9.17) is 4.42 Å². The van der Waals surface area contributed by atoms with Gasteiger partial charge in [0.2, 0.25) is 0 Å². The summed E-state index contributed by atoms with van der Waals surface area (Å²) in [6.45, 7) is 1.62. The monoisotopic (exact) mass is 324 g/mol. The number of nitrogens with one attached hydrogen (secondary N) is 1. The van der Waals surface area contributed by atoms with Gasteiger partial charge in [0, 0.05) is 16.9 Å². The summed E-state index contributed by atoms with van der Waals surface area (Å²) >= 11 is 3.25. The van der Waals surface area contributed by atoms with Gasteiger partial charge in [-0.2, -0.15) is 0 Å². The molecule has 2 heterocycles. The van der Waals surface area contributed by atoms with Crippen LogP contribution in [0.25, 0.3) is 0 Å². The summed E-state index contributed by atoms with van der Waals surface area (Å²) in [5.41, 5.74) is -0.830. The summed E-state index contributed by atoms with van der Waals surface area (Å²) in [7, 11) is 0. The van der Waals surface area contributed by atoms with Crippen LogP contribution in [-0.4, -0.2) is 22.5 Å². The first-order chi connectivity index (χ1) is 8.99. The number of hydrogen-bond donors (Lipinski definition) is 2. The van der Waals surface area contributed by atoms with Crippen molar-refractivity contribution < 1.29 is 14.3 Å². The van der Waals surface area contributed by atoms with E-state index in [-0.39, 0.29) is 12.5 Å². The SMILES string of the molecule is C[C@](O)(CNC(=O)c1cncc(Br)c1)c1ccco1. The number of aliphatic hydroxyl groups is 1. The van der Waals surface area contributed by atoms with Crippen molar-refractivity contribution >= 4 is 21.8 Å². The number of pyridine rings is 1. The second-order valence-electron chi connectivity index (χ2n) is 4.33. The lowest BCUT2D eigenvalue weighted by Gasteiger charge is -2.21. The van der Waals surface area contributed by atoms with Crippen molar-refractivity contribution in [1.82, 2.24) is 10.3 Å². The molecule has 100 valence electrons. The lowest BCUT2D eigenvalue weighted by molar-refractivity contribution is 0.0330. The first-order valence-electron chi connectivity index (χ1n) is 5.64. The van der Waals surface area contributed by atoms with E-state index < -0.39 is 5.60 Å². The number of nitrogens with zero attached hydrogens (tertiary/aromatic N) is 1. The quantitative estimate of drug-likeness (QED) is 0.902. The van der Waals surface area contributed by atoms with Gasteiger partial charge >= 0.3 is 0 Å². The third-order valence-electron chi connectivity index (χ3n) is 2.61. The molecule has 1 atom stereocenters. The van der Waals surface area contributed by atoms with Gasteiger partial charge in [0.1, 0.15) is 11.4 Å². The second kappa shape index (κ2) is 5.54. The Morgan fingerprint density at radius 3 is 3.00 bits per heavy atom. The van der Waals surface area contributed by atoms with E-state index in [9.17, 15) is 9.90 Å². The molecule has 0 aliphatic rings. The largest absolute Gasteiger partial charge is 0.466 e. The highest BCUT2D eigenvalue weighted by atomic mass is 79.9. The number of halogens is 1. The van der Waals surface area contributed by atoms with Gasteiger partial charge in [-0.25, -0.2) is 0 Å². The first kappa shape index (κ1) is 13.8. The molecule has 2 rings (SSSR count). The van der Waals surface area contributed by atoms with Crippen LogP contribution in [0.1, 0.15) is 23.0 Å². The van der Waals surface area contributed by atoms with Gasteiger partial charge in [0.15, 0.2) is 0 Å². The Bertz CT molecular complexity index is 567. The van der Waals surface area contributed by atoms with Gasteiger partial charge in [0.05, 0.1) is 18.4 Å². The number of hydrogen-bond acceptors (Lipinski definition) is 4. The number of aromatic nitrogens is 1. The highest BCUT2D eigenvalue weighted by Gasteiger charge is 2.26. The lowest BCUT2D eigenvalue weighted by Crippen LogP contribution is -2.38. The summed E-state index contributed by atoms with van der Waals surface area (Å²) in [5.74, 6) is 0.0980. The minimum atomic E-state index is -1.25. The summed E-state index contributed by atoms with van der Waals surface area (Å²) in [6.07, 6.45) is 4.53. The molecule has 0 aromatic carbocycles. The molecule has 0 spiro atoms. The van der Waals surface area contributed by atoms with E-state index in [1.54, 1.807) is 31.3 Å². The number of carbonyl (C=O) groups excluding carboxylic acids is 1. The lowest BCUT2D eigenvalue weighted by atomic mass is 10.0. The smallest absolute Gasteiger partial charge is 0.252 e. The van der Waals surface area contributed by atoms with E-state index in [1.807, 2.05) is 0 Å². The van der Waals surface area contributed by atoms with Crippen LogP contribution in [0.3, 0.4) is 0 Å². The van der Waals surface area contributed by atoms with Crippen LogP contribution in [0.5, 0.6) is 0 Å². The molecule has 0 aliphatic carbocycles. The average molecular weight is 325 g/mol. The highest BCUT2D eigenvalue weighted by Crippen LogP contribution is 2.20. The molecular weight excluding hydrogens is 312 g/mol. The van der Waals surface area contributed by atoms with Crippen molar-refractivity contribution in [2.24, 2.45) is 0 Å². The van der Waals surface area contributed by atoms with Crippen molar-refractivity contribution in [3.63, 3.8) is 0 Å². The minimum absolute atomic E-state index is 0.0475. The molecule has 19 heavy (non-hydrogen) atoms. The summed E-state index contributed by atoms with van der Waals surface area (Å²) in [6, 6.07) is 5.00. The van der Waals surface area contributed by atoms with Gasteiger partial charge < -0.3 is 14.8 Å². The van der Waals surface area contributed by atoms with Crippen LogP contribution in [0.2, 0.25) is 0 Å². The van der Waals surface area contributed by atoms with Crippen LogP contribution in [0.15, 0.2) is 45.7 Å². The fraction of sp³-hybridized carbons (Fsp3) is 0.231. The van der Waals surface area contributed by atoms with Gasteiger partial charge in [-0.1, -0.05) is 0 Å². The Morgan fingerprint density at radius 1 is 1.58 bits per heavy atom. The predicted octanol–water partition coefficient (Wildman–Crippen LogP) is 2.07. The van der Waals surface area contributed by atoms with Crippen molar-refractivity contribution in [2.45, 2.75) is 12.5 Å². The van der Waals surface area contributed by atoms with E-state index in [0.717, 1.165) is 4.47 Å². The Hall–Kier alpha value is -1.66. The number of carbonyl (C=O) groups is 1. The number of amides is 1. The maximum absolute atomic E-state index is 11.9. The van der Waals surface area contributed by atoms with Crippen LogP contribution in [0, 0.1) is 0 Å². The van der Waals surface area contributed by atoms with Crippen LogP contribution >= 0.6 is 15.9 Å². The van der Waals surface area contributed by atoms with E-state index >= 15 is 0 Å². The number of rotatable bonds is 4. The van der Waals surface area contributed by atoms with Gasteiger partial charge in [-0.05, 0) is 41.1 Å². The van der Waals surface area contributed by atoms with E-state index in [1.165, 1.54) is 12.5 Å². The minimum Gasteiger partial charge on any atom is -0.466 e. The molecule has 1 amide bonds. The molecule has 2 N–H and O–H groups in total. The molecule has 2 aromatic heterocycles. The van der Waals surface area contributed by atoms with Crippen LogP contribution < -0.4 is 5.32 Å². The van der Waals surface area contributed by atoms with Crippen molar-refractivity contribution in [3.8, 4) is 0 Å². The summed E-state index contributed by atoms with van der Waals surface area (Å²) in [4.78, 5) is 15.8. The Labute approximate surface area is 118 Å². The third kappa shape index (κ3) is 3.42. The molecule has 6 heteroatoms. The molecule has 0 aliphatic heterocycles. The van der Waals surface area contributed by atoms with Gasteiger partial charge in [-0.3, -0.25) is 9.78 Å². The van der Waals surface area contributed by atoms with Crippen molar-refractivity contribution in [1.29, 1.82) is 0 Å². The zero-order chi connectivity index (χ0) is 13.9. The standard InChI is InChI=1S/C13H13BrN2O3/c1-13(18,11-3-2-4-19-11)8-16-12(17)9-5-10(14)7-15-6-9/h2-7,18H,8H2,1H3,(H,16,17)/t13-/m0/s1. The van der Waals surface area contributed by atoms with Crippen LogP contribution in [-0.2, 0) is 5.60 Å². The molecule has 5 nitrogen and oxygen atoms in total. The van der Waals surface area contributed by atoms with Crippen molar-refractivity contribution in [3.05, 3.63) is 52.7 Å². The first-order valence-corrected chi connectivity index (χ1v) is 6.43. The van der Waals surface area contributed by atoms with Gasteiger partial charge in [-0.15, -0.1) is 0 Å². The van der Waals surface area contributed by atoms with E-state index in [0.29, 0.717) is 11.3 Å². The summed E-state index contributed by atoms with van der Waals surface area (Å²) < 4.78 is 5.85. The zero-order valence-corrected chi connectivity index (χ0v) is 11.8. The maximum Gasteiger partial charge on any atom is 0.252 e. The third-order valence-corrected chi connectivity index (χ3v) is 3.05. The Balaban J connectivity index is 2.01. The average Bonchev–Trinajstić information content (AvgIpc) is 2.90. The zero-order valence-electron chi connectivity index (χ0n) is 10.3. The normalized spacial score (nSPS) is 13.8. The fourth-order valence-electron chi connectivity index (χ4n) is 1.56. The fourth-order valence-corrected chi connectivity index (χ4v) is 1.93. The Morgan fingerprint density at radius 2 is 2.37 bits per heavy atom. The molecular formula is C13H13BrN2O3. The summed E-state index contributed by atoms with van der Waals surface area (Å²) in [5, 5.41) is 12.8. The molecule has 0 radical (unpaired) electrons. The van der Waals surface area contributed by atoms with Crippen LogP contribution in [0.4, 0.5) is 0 Å². The molecule has 0 bridgehead atoms.